The molecule has 1 aromatic carbocycles. The first-order valence-electron chi connectivity index (χ1n) is 6.40. The molecular weight excluding hydrogens is 257 g/mol. The highest BCUT2D eigenvalue weighted by Crippen LogP contribution is 2.11. The Morgan fingerprint density at radius 2 is 2.05 bits per heavy atom. The molecule has 4 nitrogen and oxygen atoms in total. The lowest BCUT2D eigenvalue weighted by molar-refractivity contribution is -0.115. The molecule has 0 atom stereocenters. The van der Waals surface area contributed by atoms with Crippen molar-refractivity contribution in [1.82, 2.24) is 10.3 Å². The van der Waals surface area contributed by atoms with E-state index in [0.29, 0.717) is 6.54 Å². The molecule has 0 aliphatic rings. The first-order chi connectivity index (χ1) is 9.75. The highest BCUT2D eigenvalue weighted by molar-refractivity contribution is 5.92. The number of para-hydroxylation sites is 1. The van der Waals surface area contributed by atoms with Gasteiger partial charge < -0.3 is 10.6 Å². The van der Waals surface area contributed by atoms with Gasteiger partial charge in [0.2, 0.25) is 5.91 Å². The van der Waals surface area contributed by atoms with Crippen LogP contribution >= 0.6 is 0 Å². The highest BCUT2D eigenvalue weighted by atomic mass is 19.1. The minimum absolute atomic E-state index is 0.147. The fraction of sp³-hybridized carbons (Fsp3) is 0.200. The Labute approximate surface area is 117 Å². The fourth-order valence-corrected chi connectivity index (χ4v) is 1.74. The average molecular weight is 273 g/mol. The molecule has 0 aliphatic carbocycles. The predicted molar refractivity (Wildman–Crippen MR) is 75.8 cm³/mol. The number of carbonyl (C=O) groups is 1. The summed E-state index contributed by atoms with van der Waals surface area (Å²) in [5, 5.41) is 5.53. The minimum Gasteiger partial charge on any atom is -0.322 e. The van der Waals surface area contributed by atoms with Crippen molar-refractivity contribution in [2.24, 2.45) is 0 Å². The topological polar surface area (TPSA) is 54.0 Å². The van der Waals surface area contributed by atoms with E-state index >= 15 is 0 Å². The van der Waals surface area contributed by atoms with Gasteiger partial charge in [-0.15, -0.1) is 0 Å². The largest absolute Gasteiger partial charge is 0.322 e. The van der Waals surface area contributed by atoms with E-state index in [-0.39, 0.29) is 18.1 Å². The van der Waals surface area contributed by atoms with Crippen LogP contribution in [0.5, 0.6) is 0 Å². The van der Waals surface area contributed by atoms with Gasteiger partial charge in [-0.2, -0.15) is 0 Å². The number of aromatic nitrogens is 1. The number of nitrogens with one attached hydrogen (secondary N) is 2. The van der Waals surface area contributed by atoms with E-state index in [1.165, 1.54) is 12.1 Å². The van der Waals surface area contributed by atoms with E-state index in [0.717, 1.165) is 12.0 Å². The molecule has 0 aliphatic heterocycles. The molecule has 2 rings (SSSR count). The van der Waals surface area contributed by atoms with Crippen LogP contribution in [0.4, 0.5) is 10.1 Å². The second-order valence-corrected chi connectivity index (χ2v) is 4.32. The van der Waals surface area contributed by atoms with Crippen LogP contribution in [-0.2, 0) is 11.2 Å². The van der Waals surface area contributed by atoms with E-state index in [1.54, 1.807) is 24.5 Å². The van der Waals surface area contributed by atoms with Crippen molar-refractivity contribution in [3.63, 3.8) is 0 Å². The maximum Gasteiger partial charge on any atom is 0.238 e. The Morgan fingerprint density at radius 1 is 1.20 bits per heavy atom. The molecule has 0 unspecified atom stereocenters. The normalized spacial score (nSPS) is 10.2. The van der Waals surface area contributed by atoms with Crippen LogP contribution < -0.4 is 10.6 Å². The third kappa shape index (κ3) is 4.44. The van der Waals surface area contributed by atoms with Crippen LogP contribution in [0.3, 0.4) is 0 Å². The summed E-state index contributed by atoms with van der Waals surface area (Å²) in [5.74, 6) is -0.697. The van der Waals surface area contributed by atoms with Crippen molar-refractivity contribution < 1.29 is 9.18 Å². The van der Waals surface area contributed by atoms with Gasteiger partial charge in [0.1, 0.15) is 5.82 Å². The Morgan fingerprint density at radius 3 is 2.80 bits per heavy atom. The second kappa shape index (κ2) is 7.35. The summed E-state index contributed by atoms with van der Waals surface area (Å²) in [5.41, 5.74) is 1.31. The van der Waals surface area contributed by atoms with E-state index in [4.69, 9.17) is 0 Å². The quantitative estimate of drug-likeness (QED) is 0.791. The number of rotatable bonds is 6. The maximum atomic E-state index is 13.3. The molecule has 20 heavy (non-hydrogen) atoms. The van der Waals surface area contributed by atoms with Gasteiger partial charge in [0, 0.05) is 12.4 Å². The second-order valence-electron chi connectivity index (χ2n) is 4.32. The smallest absolute Gasteiger partial charge is 0.238 e. The predicted octanol–water partition coefficient (Wildman–Crippen LogP) is 1.99. The van der Waals surface area contributed by atoms with Gasteiger partial charge in [-0.1, -0.05) is 18.2 Å². The van der Waals surface area contributed by atoms with E-state index in [1.807, 2.05) is 12.1 Å². The molecule has 2 N–H and O–H groups in total. The number of hydrogen-bond donors (Lipinski definition) is 2. The van der Waals surface area contributed by atoms with Crippen LogP contribution in [0.15, 0.2) is 48.8 Å². The fourth-order valence-electron chi connectivity index (χ4n) is 1.74. The Kier molecular flexibility index (Phi) is 5.20. The van der Waals surface area contributed by atoms with Gasteiger partial charge in [0.15, 0.2) is 0 Å². The number of benzene rings is 1. The molecule has 0 spiro atoms. The van der Waals surface area contributed by atoms with Crippen molar-refractivity contribution in [3.05, 3.63) is 60.2 Å². The lowest BCUT2D eigenvalue weighted by Gasteiger charge is -2.07. The van der Waals surface area contributed by atoms with Gasteiger partial charge in [0.05, 0.1) is 12.2 Å². The van der Waals surface area contributed by atoms with Gasteiger partial charge >= 0.3 is 0 Å². The molecular formula is C15H16FN3O. The van der Waals surface area contributed by atoms with Crippen LogP contribution in [0.2, 0.25) is 0 Å². The Hall–Kier alpha value is -2.27. The number of nitrogens with zero attached hydrogens (tertiary/aromatic N) is 1. The van der Waals surface area contributed by atoms with Gasteiger partial charge in [-0.25, -0.2) is 4.39 Å². The average Bonchev–Trinajstić information content (AvgIpc) is 2.47. The van der Waals surface area contributed by atoms with Crippen molar-refractivity contribution >= 4 is 11.6 Å². The molecule has 1 heterocycles. The van der Waals surface area contributed by atoms with Crippen LogP contribution in [0.1, 0.15) is 5.56 Å². The third-order valence-electron chi connectivity index (χ3n) is 2.75. The Bertz CT molecular complexity index is 560. The minimum atomic E-state index is -0.434. The standard InChI is InChI=1S/C15H16FN3O/c16-13-5-1-2-6-14(13)19-15(20)11-18-9-7-12-4-3-8-17-10-12/h1-6,8,10,18H,7,9,11H2,(H,19,20). The molecule has 0 fully saturated rings. The molecule has 0 saturated carbocycles. The maximum absolute atomic E-state index is 13.3. The first-order valence-corrected chi connectivity index (χ1v) is 6.40. The number of hydrogen-bond acceptors (Lipinski definition) is 3. The van der Waals surface area contributed by atoms with Gasteiger partial charge in [-0.05, 0) is 36.7 Å². The first kappa shape index (κ1) is 14.1. The molecule has 0 bridgehead atoms. The highest BCUT2D eigenvalue weighted by Gasteiger charge is 2.05. The van der Waals surface area contributed by atoms with Crippen molar-refractivity contribution in [1.29, 1.82) is 0 Å². The zero-order valence-corrected chi connectivity index (χ0v) is 11.0. The van der Waals surface area contributed by atoms with E-state index in [9.17, 15) is 9.18 Å². The number of halogens is 1. The number of anilines is 1. The lowest BCUT2D eigenvalue weighted by atomic mass is 10.2. The molecule has 1 aromatic heterocycles. The molecule has 104 valence electrons. The number of carbonyl (C=O) groups excluding carboxylic acids is 1. The molecule has 0 saturated heterocycles. The number of pyridine rings is 1. The zero-order valence-electron chi connectivity index (χ0n) is 11.0. The Balaban J connectivity index is 1.69. The molecule has 1 amide bonds. The summed E-state index contributed by atoms with van der Waals surface area (Å²) in [6.07, 6.45) is 4.31. The SMILES string of the molecule is O=C(CNCCc1cccnc1)Nc1ccccc1F. The zero-order chi connectivity index (χ0) is 14.2. The van der Waals surface area contributed by atoms with Crippen LogP contribution in [0.25, 0.3) is 0 Å². The van der Waals surface area contributed by atoms with E-state index < -0.39 is 5.82 Å². The lowest BCUT2D eigenvalue weighted by Crippen LogP contribution is -2.29. The molecule has 2 aromatic rings. The van der Waals surface area contributed by atoms with Crippen LogP contribution in [0, 0.1) is 5.82 Å². The number of amides is 1. The van der Waals surface area contributed by atoms with E-state index in [2.05, 4.69) is 15.6 Å². The summed E-state index contributed by atoms with van der Waals surface area (Å²) in [6.45, 7) is 0.810. The summed E-state index contributed by atoms with van der Waals surface area (Å²) in [6, 6.07) is 9.95. The summed E-state index contributed by atoms with van der Waals surface area (Å²) < 4.78 is 13.3. The summed E-state index contributed by atoms with van der Waals surface area (Å²) >= 11 is 0. The van der Waals surface area contributed by atoms with Crippen molar-refractivity contribution in [2.45, 2.75) is 6.42 Å². The van der Waals surface area contributed by atoms with Gasteiger partial charge in [-0.3, -0.25) is 9.78 Å². The van der Waals surface area contributed by atoms with Gasteiger partial charge in [0.25, 0.3) is 0 Å². The summed E-state index contributed by atoms with van der Waals surface area (Å²) in [7, 11) is 0. The molecule has 5 heteroatoms. The monoisotopic (exact) mass is 273 g/mol. The van der Waals surface area contributed by atoms with Crippen molar-refractivity contribution in [3.8, 4) is 0 Å². The van der Waals surface area contributed by atoms with Crippen molar-refractivity contribution in [2.75, 3.05) is 18.4 Å². The molecule has 0 radical (unpaired) electrons. The summed E-state index contributed by atoms with van der Waals surface area (Å²) in [4.78, 5) is 15.6. The third-order valence-corrected chi connectivity index (χ3v) is 2.75. The van der Waals surface area contributed by atoms with Crippen LogP contribution in [-0.4, -0.2) is 24.0 Å².